The first-order valence-electron chi connectivity index (χ1n) is 8.53. The zero-order chi connectivity index (χ0) is 18.7. The molecule has 2 aliphatic heterocycles. The van der Waals surface area contributed by atoms with Crippen molar-refractivity contribution in [3.63, 3.8) is 0 Å². The van der Waals surface area contributed by atoms with Gasteiger partial charge in [-0.3, -0.25) is 4.99 Å². The predicted octanol–water partition coefficient (Wildman–Crippen LogP) is 3.15. The van der Waals surface area contributed by atoms with E-state index in [4.69, 9.17) is 14.6 Å². The number of anilines is 1. The molecule has 0 fully saturated rings. The number of nitrogens with one attached hydrogen (secondary N) is 1. The first-order chi connectivity index (χ1) is 13.2. The second-order valence-corrected chi connectivity index (χ2v) is 5.80. The van der Waals surface area contributed by atoms with E-state index in [2.05, 4.69) is 20.3 Å². The third kappa shape index (κ3) is 3.18. The lowest BCUT2D eigenvalue weighted by atomic mass is 10.3. The van der Waals surface area contributed by atoms with Gasteiger partial charge in [-0.15, -0.1) is 0 Å². The normalized spacial score (nSPS) is 19.9. The Morgan fingerprint density at radius 1 is 1.11 bits per heavy atom. The number of rotatable bonds is 5. The summed E-state index contributed by atoms with van der Waals surface area (Å²) in [6.45, 7) is 2.59. The van der Waals surface area contributed by atoms with Gasteiger partial charge in [-0.2, -0.15) is 4.99 Å². The number of pyridine rings is 1. The van der Waals surface area contributed by atoms with E-state index >= 15 is 0 Å². The summed E-state index contributed by atoms with van der Waals surface area (Å²) in [6, 6.07) is 11.4. The van der Waals surface area contributed by atoms with E-state index < -0.39 is 0 Å². The van der Waals surface area contributed by atoms with Crippen LogP contribution in [0.5, 0.6) is 11.6 Å². The van der Waals surface area contributed by atoms with Crippen LogP contribution in [0.2, 0.25) is 0 Å². The summed E-state index contributed by atoms with van der Waals surface area (Å²) in [5, 5.41) is 8.00. The third-order valence-corrected chi connectivity index (χ3v) is 4.13. The molecule has 0 bridgehead atoms. The van der Waals surface area contributed by atoms with E-state index in [-0.39, 0.29) is 4.59 Å². The van der Waals surface area contributed by atoms with Crippen LogP contribution in [0.25, 0.3) is 0 Å². The largest absolute Gasteiger partial charge is 0.494 e. The van der Waals surface area contributed by atoms with E-state index in [0.717, 1.165) is 17.1 Å². The van der Waals surface area contributed by atoms with E-state index in [1.54, 1.807) is 31.8 Å². The van der Waals surface area contributed by atoms with Gasteiger partial charge in [0.2, 0.25) is 5.88 Å². The van der Waals surface area contributed by atoms with Crippen molar-refractivity contribution in [2.75, 3.05) is 19.0 Å². The van der Waals surface area contributed by atoms with Gasteiger partial charge >= 0.3 is 0 Å². The number of guanidine groups is 1. The minimum Gasteiger partial charge on any atom is -0.494 e. The highest BCUT2D eigenvalue weighted by Gasteiger charge is 2.43. The fraction of sp³-hybridized carbons (Fsp3) is 0.158. The molecule has 0 saturated carbocycles. The van der Waals surface area contributed by atoms with Crippen LogP contribution in [0.4, 0.5) is 11.4 Å². The predicted molar refractivity (Wildman–Crippen MR) is 106 cm³/mol. The molecule has 0 amide bonds. The molecule has 1 N–H and O–H groups in total. The van der Waals surface area contributed by atoms with Crippen molar-refractivity contribution >= 4 is 29.4 Å². The van der Waals surface area contributed by atoms with E-state index in [0.29, 0.717) is 24.3 Å². The standard InChI is InChI=1S/C19H19N6O2/c1-3-27-16-7-4-14(5-8-16)22-19-23-17-13-20-10-11-25(17,24-19)15-6-9-18(26-2)21-12-15/h4-13H,3H2,1-2H3,(H,22,24)/q+1. The van der Waals surface area contributed by atoms with Gasteiger partial charge in [0.15, 0.2) is 11.9 Å². The zero-order valence-electron chi connectivity index (χ0n) is 15.0. The summed E-state index contributed by atoms with van der Waals surface area (Å²) < 4.78 is 10.7. The molecule has 27 heavy (non-hydrogen) atoms. The highest BCUT2D eigenvalue weighted by Crippen LogP contribution is 2.31. The number of fused-ring (bicyclic) bond motifs is 1. The molecule has 4 rings (SSSR count). The van der Waals surface area contributed by atoms with Crippen LogP contribution in [-0.4, -0.2) is 36.7 Å². The fourth-order valence-electron chi connectivity index (χ4n) is 2.83. The van der Waals surface area contributed by atoms with Crippen LogP contribution in [-0.2, 0) is 0 Å². The number of ether oxygens (including phenoxy) is 2. The molecule has 8 heteroatoms. The molecule has 0 spiro atoms. The van der Waals surface area contributed by atoms with E-state index in [9.17, 15) is 0 Å². The average molecular weight is 363 g/mol. The van der Waals surface area contributed by atoms with Crippen molar-refractivity contribution < 1.29 is 9.47 Å². The molecule has 2 aromatic rings. The van der Waals surface area contributed by atoms with Gasteiger partial charge in [-0.25, -0.2) is 4.98 Å². The van der Waals surface area contributed by atoms with Crippen molar-refractivity contribution in [1.82, 2.24) is 9.58 Å². The van der Waals surface area contributed by atoms with Gasteiger partial charge in [0.25, 0.3) is 11.8 Å². The molecule has 1 atom stereocenters. The highest BCUT2D eigenvalue weighted by molar-refractivity contribution is 6.38. The third-order valence-electron chi connectivity index (χ3n) is 4.13. The van der Waals surface area contributed by atoms with E-state index in [1.807, 2.05) is 43.5 Å². The summed E-state index contributed by atoms with van der Waals surface area (Å²) in [7, 11) is 1.59. The number of quaternary nitrogens is 1. The first kappa shape index (κ1) is 16.9. The van der Waals surface area contributed by atoms with Gasteiger partial charge in [0.1, 0.15) is 12.0 Å². The Morgan fingerprint density at radius 3 is 2.67 bits per heavy atom. The molecule has 3 heterocycles. The molecule has 0 radical (unpaired) electrons. The Hall–Kier alpha value is -3.52. The number of methoxy groups -OCH3 is 1. The summed E-state index contributed by atoms with van der Waals surface area (Å²) in [5.74, 6) is 2.53. The molecular weight excluding hydrogens is 344 g/mol. The lowest BCUT2D eigenvalue weighted by molar-refractivity contribution is 0.340. The van der Waals surface area contributed by atoms with Crippen LogP contribution < -0.4 is 19.4 Å². The number of aliphatic imine (C=N–C) groups is 2. The maximum absolute atomic E-state index is 5.47. The maximum atomic E-state index is 5.47. The minimum absolute atomic E-state index is 0.0693. The monoisotopic (exact) mass is 363 g/mol. The molecule has 8 nitrogen and oxygen atoms in total. The van der Waals surface area contributed by atoms with Gasteiger partial charge in [-0.1, -0.05) is 4.59 Å². The van der Waals surface area contributed by atoms with Crippen LogP contribution in [0, 0.1) is 0 Å². The first-order valence-corrected chi connectivity index (χ1v) is 8.53. The van der Waals surface area contributed by atoms with Gasteiger partial charge in [0, 0.05) is 17.8 Å². The lowest BCUT2D eigenvalue weighted by Gasteiger charge is -2.23. The Bertz CT molecular complexity index is 947. The maximum Gasteiger partial charge on any atom is 0.287 e. The molecule has 2 aliphatic rings. The van der Waals surface area contributed by atoms with Gasteiger partial charge in [0.05, 0.1) is 26.1 Å². The van der Waals surface area contributed by atoms with Crippen molar-refractivity contribution in [2.45, 2.75) is 6.92 Å². The number of hydrogen-bond acceptors (Lipinski definition) is 7. The number of aromatic nitrogens is 1. The number of nitrogens with zero attached hydrogens (tertiary/aromatic N) is 5. The number of hydrogen-bond donors (Lipinski definition) is 1. The quantitative estimate of drug-likeness (QED) is 0.828. The minimum atomic E-state index is 0.0693. The van der Waals surface area contributed by atoms with Crippen LogP contribution in [0.3, 0.4) is 0 Å². The molecule has 0 aliphatic carbocycles. The second-order valence-electron chi connectivity index (χ2n) is 5.80. The Labute approximate surface area is 156 Å². The summed E-state index contributed by atoms with van der Waals surface area (Å²) in [5.41, 5.74) is 1.70. The molecule has 136 valence electrons. The molecular formula is C19H19N6O2+. The Morgan fingerprint density at radius 2 is 1.96 bits per heavy atom. The zero-order valence-corrected chi connectivity index (χ0v) is 15.0. The lowest BCUT2D eigenvalue weighted by Crippen LogP contribution is -2.44. The van der Waals surface area contributed by atoms with Crippen LogP contribution in [0.15, 0.2) is 70.1 Å². The Kier molecular flexibility index (Phi) is 4.39. The summed E-state index contributed by atoms with van der Waals surface area (Å²) >= 11 is 0. The highest BCUT2D eigenvalue weighted by atomic mass is 16.5. The van der Waals surface area contributed by atoms with Crippen molar-refractivity contribution in [3.05, 3.63) is 55.0 Å². The molecule has 0 saturated heterocycles. The topological polar surface area (TPSA) is 80.5 Å². The Balaban J connectivity index is 1.63. The van der Waals surface area contributed by atoms with Crippen molar-refractivity contribution in [3.8, 4) is 11.6 Å². The fourth-order valence-corrected chi connectivity index (χ4v) is 2.83. The molecule has 1 aromatic heterocycles. The molecule has 1 unspecified atom stereocenters. The second kappa shape index (κ2) is 7.00. The van der Waals surface area contributed by atoms with E-state index in [1.165, 1.54) is 0 Å². The van der Waals surface area contributed by atoms with Crippen molar-refractivity contribution in [1.29, 1.82) is 0 Å². The average Bonchev–Trinajstić information content (AvgIpc) is 3.09. The van der Waals surface area contributed by atoms with Gasteiger partial charge in [-0.05, 0) is 36.3 Å². The number of benzene rings is 1. The van der Waals surface area contributed by atoms with Crippen molar-refractivity contribution in [2.24, 2.45) is 15.1 Å². The SMILES string of the molecule is CCOc1ccc(NC2=N[N+]3(c4ccc(OC)nc4)C=CN=CC3=N2)cc1. The van der Waals surface area contributed by atoms with Gasteiger partial charge < -0.3 is 14.8 Å². The molecule has 1 aromatic carbocycles. The smallest absolute Gasteiger partial charge is 0.287 e. The van der Waals surface area contributed by atoms with Crippen LogP contribution in [0.1, 0.15) is 6.92 Å². The summed E-state index contributed by atoms with van der Waals surface area (Å²) in [4.78, 5) is 13.1. The van der Waals surface area contributed by atoms with Crippen LogP contribution >= 0.6 is 0 Å². The summed E-state index contributed by atoms with van der Waals surface area (Å²) in [6.07, 6.45) is 6.98. The number of amidine groups is 1.